The van der Waals surface area contributed by atoms with Crippen LogP contribution in [0.1, 0.15) is 19.7 Å². The molecule has 2 aromatic rings. The Bertz CT molecular complexity index is 653. The van der Waals surface area contributed by atoms with Gasteiger partial charge in [-0.2, -0.15) is 0 Å². The Hall–Kier alpha value is -2.71. The molecule has 2 heterocycles. The highest BCUT2D eigenvalue weighted by molar-refractivity contribution is 5.83. The molecule has 9 heteroatoms. The molecule has 112 valence electrons. The lowest BCUT2D eigenvalue weighted by Gasteiger charge is -2.05. The summed E-state index contributed by atoms with van der Waals surface area (Å²) >= 11 is 0. The first-order chi connectivity index (χ1) is 10.1. The maximum Gasteiger partial charge on any atom is 0.260 e. The third kappa shape index (κ3) is 3.65. The maximum absolute atomic E-state index is 11.5. The molecule has 0 radical (unpaired) electrons. The summed E-state index contributed by atoms with van der Waals surface area (Å²) < 4.78 is 7.04. The van der Waals surface area contributed by atoms with Crippen molar-refractivity contribution in [3.8, 4) is 5.88 Å². The summed E-state index contributed by atoms with van der Waals surface area (Å²) in [6.07, 6.45) is 3.26. The van der Waals surface area contributed by atoms with Crippen LogP contribution in [0.2, 0.25) is 0 Å². The van der Waals surface area contributed by atoms with Crippen molar-refractivity contribution in [2.75, 3.05) is 13.2 Å². The lowest BCUT2D eigenvalue weighted by atomic mass is 10.5. The molecule has 0 saturated carbocycles. The van der Waals surface area contributed by atoms with E-state index in [0.29, 0.717) is 24.0 Å². The molecule has 0 unspecified atom stereocenters. The average molecular weight is 292 g/mol. The number of hydrogen-bond acceptors (Lipinski definition) is 6. The summed E-state index contributed by atoms with van der Waals surface area (Å²) in [6.45, 7) is 3.79. The van der Waals surface area contributed by atoms with Crippen LogP contribution in [-0.4, -0.2) is 44.5 Å². The molecule has 9 nitrogen and oxygen atoms in total. The Balaban J connectivity index is 2.04. The van der Waals surface area contributed by atoms with Crippen molar-refractivity contribution < 1.29 is 14.3 Å². The number of ether oxygens (including phenoxy) is 1. The van der Waals surface area contributed by atoms with Crippen molar-refractivity contribution in [2.24, 2.45) is 0 Å². The minimum Gasteiger partial charge on any atom is -0.475 e. The smallest absolute Gasteiger partial charge is 0.260 e. The summed E-state index contributed by atoms with van der Waals surface area (Å²) in [5.74, 6) is 0.374. The number of rotatable bonds is 6. The molecule has 2 rings (SSSR count). The normalized spacial score (nSPS) is 10.4. The van der Waals surface area contributed by atoms with E-state index in [1.165, 1.54) is 6.92 Å². The zero-order valence-corrected chi connectivity index (χ0v) is 11.8. The highest BCUT2D eigenvalue weighted by Crippen LogP contribution is 2.14. The van der Waals surface area contributed by atoms with Crippen LogP contribution in [0.25, 0.3) is 5.65 Å². The molecule has 0 spiro atoms. The average Bonchev–Trinajstić information content (AvgIpc) is 2.87. The van der Waals surface area contributed by atoms with E-state index < -0.39 is 0 Å². The zero-order valence-electron chi connectivity index (χ0n) is 11.8. The Kier molecular flexibility index (Phi) is 4.64. The molecule has 2 N–H and O–H groups in total. The van der Waals surface area contributed by atoms with Crippen molar-refractivity contribution >= 4 is 17.5 Å². The van der Waals surface area contributed by atoms with Gasteiger partial charge < -0.3 is 15.4 Å². The molecule has 2 aromatic heterocycles. The number of carbonyl (C=O) groups is 2. The largest absolute Gasteiger partial charge is 0.475 e. The number of nitrogens with one attached hydrogen (secondary N) is 2. The van der Waals surface area contributed by atoms with Gasteiger partial charge in [-0.3, -0.25) is 14.0 Å². The number of carbonyl (C=O) groups excluding carboxylic acids is 2. The van der Waals surface area contributed by atoms with Crippen molar-refractivity contribution in [1.29, 1.82) is 0 Å². The van der Waals surface area contributed by atoms with Crippen molar-refractivity contribution in [3.63, 3.8) is 0 Å². The zero-order chi connectivity index (χ0) is 15.2. The van der Waals surface area contributed by atoms with Gasteiger partial charge >= 0.3 is 0 Å². The molecule has 0 bridgehead atoms. The van der Waals surface area contributed by atoms with Crippen molar-refractivity contribution in [3.05, 3.63) is 18.2 Å². The molecule has 2 amide bonds. The first-order valence-electron chi connectivity index (χ1n) is 6.44. The molecular weight excluding hydrogens is 276 g/mol. The lowest BCUT2D eigenvalue weighted by molar-refractivity contribution is -0.125. The van der Waals surface area contributed by atoms with Crippen LogP contribution in [0.3, 0.4) is 0 Å². The van der Waals surface area contributed by atoms with Crippen LogP contribution >= 0.6 is 0 Å². The van der Waals surface area contributed by atoms with E-state index in [1.54, 1.807) is 16.8 Å². The van der Waals surface area contributed by atoms with Gasteiger partial charge in [-0.25, -0.2) is 4.98 Å². The maximum atomic E-state index is 11.5. The van der Waals surface area contributed by atoms with E-state index >= 15 is 0 Å². The lowest BCUT2D eigenvalue weighted by Crippen LogP contribution is -2.35. The van der Waals surface area contributed by atoms with E-state index in [4.69, 9.17) is 4.74 Å². The number of nitrogens with zero attached hydrogens (tertiary/aromatic N) is 4. The van der Waals surface area contributed by atoms with Gasteiger partial charge in [0.1, 0.15) is 0 Å². The monoisotopic (exact) mass is 292 g/mol. The first-order valence-corrected chi connectivity index (χ1v) is 6.44. The number of fused-ring (bicyclic) bond motifs is 1. The van der Waals surface area contributed by atoms with E-state index in [1.807, 2.05) is 6.92 Å². The highest BCUT2D eigenvalue weighted by atomic mass is 16.5. The summed E-state index contributed by atoms with van der Waals surface area (Å²) in [5, 5.41) is 13.1. The molecular formula is C12H16N6O3. The van der Waals surface area contributed by atoms with E-state index in [9.17, 15) is 9.59 Å². The van der Waals surface area contributed by atoms with Gasteiger partial charge in [0.05, 0.1) is 19.7 Å². The Morgan fingerprint density at radius 1 is 1.33 bits per heavy atom. The van der Waals surface area contributed by atoms with Gasteiger partial charge in [-0.15, -0.1) is 10.2 Å². The minimum absolute atomic E-state index is 0.0716. The minimum atomic E-state index is -0.305. The van der Waals surface area contributed by atoms with Gasteiger partial charge in [0.2, 0.25) is 17.5 Å². The van der Waals surface area contributed by atoms with Gasteiger partial charge in [-0.1, -0.05) is 0 Å². The fourth-order valence-electron chi connectivity index (χ4n) is 1.66. The molecule has 0 fully saturated rings. The SMILES string of the molecule is CCOc1nccn2c(CNC(=O)CNC(C)=O)nnc12. The topological polar surface area (TPSA) is 111 Å². The molecule has 0 aliphatic rings. The summed E-state index contributed by atoms with van der Waals surface area (Å²) in [6, 6.07) is 0. The second-order valence-corrected chi connectivity index (χ2v) is 4.16. The second kappa shape index (κ2) is 6.64. The van der Waals surface area contributed by atoms with E-state index in [0.717, 1.165) is 0 Å². The summed E-state index contributed by atoms with van der Waals surface area (Å²) in [4.78, 5) is 26.3. The standard InChI is InChI=1S/C12H16N6O3/c1-3-21-12-11-17-16-9(18(11)5-4-13-12)6-15-10(20)7-14-8(2)19/h4-5H,3,6-7H2,1-2H3,(H,14,19)(H,15,20). The first kappa shape index (κ1) is 14.7. The molecule has 0 aromatic carbocycles. The molecule has 0 aliphatic carbocycles. The van der Waals surface area contributed by atoms with Crippen LogP contribution in [0.15, 0.2) is 12.4 Å². The van der Waals surface area contributed by atoms with E-state index in [-0.39, 0.29) is 24.9 Å². The fraction of sp³-hybridized carbons (Fsp3) is 0.417. The molecule has 0 aliphatic heterocycles. The molecule has 0 saturated heterocycles. The molecule has 21 heavy (non-hydrogen) atoms. The third-order valence-corrected chi connectivity index (χ3v) is 2.59. The van der Waals surface area contributed by atoms with Crippen LogP contribution in [0.4, 0.5) is 0 Å². The van der Waals surface area contributed by atoms with Crippen molar-refractivity contribution in [2.45, 2.75) is 20.4 Å². The van der Waals surface area contributed by atoms with Gasteiger partial charge in [0.15, 0.2) is 5.82 Å². The van der Waals surface area contributed by atoms with Crippen LogP contribution < -0.4 is 15.4 Å². The summed E-state index contributed by atoms with van der Waals surface area (Å²) in [5.41, 5.74) is 0.491. The summed E-state index contributed by atoms with van der Waals surface area (Å²) in [7, 11) is 0. The Labute approximate surface area is 120 Å². The number of hydrogen-bond donors (Lipinski definition) is 2. The van der Waals surface area contributed by atoms with Gasteiger partial charge in [0, 0.05) is 19.3 Å². The second-order valence-electron chi connectivity index (χ2n) is 4.16. The fourth-order valence-corrected chi connectivity index (χ4v) is 1.66. The Morgan fingerprint density at radius 3 is 2.86 bits per heavy atom. The number of aromatic nitrogens is 4. The van der Waals surface area contributed by atoms with Crippen LogP contribution in [0, 0.1) is 0 Å². The quantitative estimate of drug-likeness (QED) is 0.726. The van der Waals surface area contributed by atoms with Crippen LogP contribution in [0.5, 0.6) is 5.88 Å². The van der Waals surface area contributed by atoms with Crippen molar-refractivity contribution in [1.82, 2.24) is 30.2 Å². The van der Waals surface area contributed by atoms with Crippen LogP contribution in [-0.2, 0) is 16.1 Å². The predicted octanol–water partition coefficient (Wildman–Crippen LogP) is -0.725. The third-order valence-electron chi connectivity index (χ3n) is 2.59. The Morgan fingerprint density at radius 2 is 2.14 bits per heavy atom. The highest BCUT2D eigenvalue weighted by Gasteiger charge is 2.12. The van der Waals surface area contributed by atoms with Gasteiger partial charge in [0.25, 0.3) is 5.88 Å². The predicted molar refractivity (Wildman–Crippen MR) is 72.5 cm³/mol. The number of amides is 2. The molecule has 0 atom stereocenters. The van der Waals surface area contributed by atoms with Gasteiger partial charge in [-0.05, 0) is 6.92 Å². The van der Waals surface area contributed by atoms with E-state index in [2.05, 4.69) is 25.8 Å².